The molecule has 0 spiro atoms. The maximum Gasteiger partial charge on any atom is 0.161 e. The van der Waals surface area contributed by atoms with Crippen molar-refractivity contribution >= 4 is 33.4 Å². The lowest BCUT2D eigenvalue weighted by Gasteiger charge is -2.08. The van der Waals surface area contributed by atoms with Gasteiger partial charge in [-0.3, -0.25) is 0 Å². The van der Waals surface area contributed by atoms with Crippen molar-refractivity contribution in [1.82, 2.24) is 0 Å². The second kappa shape index (κ2) is 7.21. The molecule has 0 aliphatic carbocycles. The van der Waals surface area contributed by atoms with Crippen molar-refractivity contribution in [2.75, 3.05) is 23.4 Å². The first-order valence-corrected chi connectivity index (χ1v) is 6.78. The van der Waals surface area contributed by atoms with Gasteiger partial charge in [0.25, 0.3) is 0 Å². The summed E-state index contributed by atoms with van der Waals surface area (Å²) in [6.07, 6.45) is 5.11. The number of thioether (sulfide) groups is 1. The van der Waals surface area contributed by atoms with E-state index in [9.17, 15) is 4.39 Å². The van der Waals surface area contributed by atoms with Crippen molar-refractivity contribution < 1.29 is 4.39 Å². The highest BCUT2D eigenvalue weighted by molar-refractivity contribution is 9.10. The quantitative estimate of drug-likeness (QED) is 0.669. The minimum Gasteiger partial charge on any atom is -0.382 e. The fraction of sp³-hybridized carbons (Fsp3) is 0.250. The average molecular weight is 313 g/mol. The topological polar surface area (TPSA) is 35.8 Å². The molecule has 1 rings (SSSR count). The predicted octanol–water partition coefficient (Wildman–Crippen LogP) is 3.24. The van der Waals surface area contributed by atoms with Crippen LogP contribution in [0.2, 0.25) is 0 Å². The molecule has 0 atom stereocenters. The van der Waals surface area contributed by atoms with Crippen molar-refractivity contribution in [3.8, 4) is 18.4 Å². The Kier molecular flexibility index (Phi) is 5.90. The molecule has 0 fully saturated rings. The van der Waals surface area contributed by atoms with Crippen molar-refractivity contribution in [1.29, 1.82) is 5.26 Å². The van der Waals surface area contributed by atoms with Gasteiger partial charge in [-0.1, -0.05) is 5.92 Å². The molecule has 0 amide bonds. The maximum atomic E-state index is 13.7. The van der Waals surface area contributed by atoms with Crippen molar-refractivity contribution in [3.05, 3.63) is 28.0 Å². The van der Waals surface area contributed by atoms with Gasteiger partial charge in [-0.25, -0.2) is 4.39 Å². The van der Waals surface area contributed by atoms with E-state index < -0.39 is 5.82 Å². The molecule has 0 saturated heterocycles. The monoisotopic (exact) mass is 312 g/mol. The molecular weight excluding hydrogens is 303 g/mol. The smallest absolute Gasteiger partial charge is 0.161 e. The van der Waals surface area contributed by atoms with Crippen LogP contribution in [0.3, 0.4) is 0 Å². The van der Waals surface area contributed by atoms with Crippen LogP contribution < -0.4 is 5.32 Å². The van der Waals surface area contributed by atoms with Gasteiger partial charge < -0.3 is 5.32 Å². The van der Waals surface area contributed by atoms with Crippen LogP contribution in [0.1, 0.15) is 5.56 Å². The van der Waals surface area contributed by atoms with Crippen LogP contribution in [-0.4, -0.2) is 18.1 Å². The van der Waals surface area contributed by atoms with Crippen LogP contribution in [0.5, 0.6) is 0 Å². The van der Waals surface area contributed by atoms with Crippen LogP contribution in [0, 0.1) is 29.5 Å². The third-order valence-electron chi connectivity index (χ3n) is 1.95. The third kappa shape index (κ3) is 3.96. The zero-order valence-corrected chi connectivity index (χ0v) is 11.4. The van der Waals surface area contributed by atoms with E-state index in [1.54, 1.807) is 23.9 Å². The molecule has 1 aromatic carbocycles. The Morgan fingerprint density at radius 1 is 1.53 bits per heavy atom. The second-order valence-corrected chi connectivity index (χ2v) is 4.98. The first-order valence-electron chi connectivity index (χ1n) is 4.84. The zero-order valence-electron chi connectivity index (χ0n) is 8.96. The fourth-order valence-electron chi connectivity index (χ4n) is 1.16. The summed E-state index contributed by atoms with van der Waals surface area (Å²) >= 11 is 4.66. The summed E-state index contributed by atoms with van der Waals surface area (Å²) in [7, 11) is 0. The molecule has 88 valence electrons. The maximum absolute atomic E-state index is 13.7. The highest BCUT2D eigenvalue weighted by Crippen LogP contribution is 2.26. The van der Waals surface area contributed by atoms with E-state index in [1.807, 2.05) is 6.07 Å². The summed E-state index contributed by atoms with van der Waals surface area (Å²) in [5.74, 6) is 3.54. The van der Waals surface area contributed by atoms with Crippen molar-refractivity contribution in [2.45, 2.75) is 0 Å². The summed E-state index contributed by atoms with van der Waals surface area (Å²) < 4.78 is 13.9. The highest BCUT2D eigenvalue weighted by atomic mass is 79.9. The Morgan fingerprint density at radius 2 is 2.29 bits per heavy atom. The summed E-state index contributed by atoms with van der Waals surface area (Å²) in [4.78, 5) is 0. The summed E-state index contributed by atoms with van der Waals surface area (Å²) in [6.45, 7) is 0.627. The van der Waals surface area contributed by atoms with Crippen LogP contribution in [0.4, 0.5) is 10.1 Å². The lowest BCUT2D eigenvalue weighted by atomic mass is 10.2. The van der Waals surface area contributed by atoms with E-state index in [1.165, 1.54) is 0 Å². The van der Waals surface area contributed by atoms with Crippen molar-refractivity contribution in [2.24, 2.45) is 0 Å². The number of nitrogens with one attached hydrogen (secondary N) is 1. The van der Waals surface area contributed by atoms with Gasteiger partial charge in [0.1, 0.15) is 6.07 Å². The standard InChI is InChI=1S/C12H10BrFN2S/c1-2-6-17-7-5-16-10-4-3-9(8-15)11(13)12(10)14/h1,3-4,16H,5-7H2. The Balaban J connectivity index is 2.59. The minimum absolute atomic E-state index is 0.196. The lowest BCUT2D eigenvalue weighted by Crippen LogP contribution is -2.06. The Bertz CT molecular complexity index is 477. The van der Waals surface area contributed by atoms with E-state index in [4.69, 9.17) is 11.7 Å². The van der Waals surface area contributed by atoms with E-state index in [2.05, 4.69) is 27.2 Å². The average Bonchev–Trinajstić information content (AvgIpc) is 2.34. The fourth-order valence-corrected chi connectivity index (χ4v) is 2.10. The number of halogens is 2. The first kappa shape index (κ1) is 13.9. The van der Waals surface area contributed by atoms with Crippen LogP contribution in [0.25, 0.3) is 0 Å². The number of hydrogen-bond donors (Lipinski definition) is 1. The molecule has 5 heteroatoms. The molecule has 0 aromatic heterocycles. The third-order valence-corrected chi connectivity index (χ3v) is 3.59. The number of rotatable bonds is 5. The van der Waals surface area contributed by atoms with Crippen LogP contribution >= 0.6 is 27.7 Å². The SMILES string of the molecule is C#CCSCCNc1ccc(C#N)c(Br)c1F. The molecule has 0 heterocycles. The minimum atomic E-state index is -0.439. The molecule has 0 bridgehead atoms. The normalized spacial score (nSPS) is 9.41. The number of nitrogens with zero attached hydrogens (tertiary/aromatic N) is 1. The Hall–Kier alpha value is -1.17. The van der Waals surface area contributed by atoms with E-state index in [-0.39, 0.29) is 10.0 Å². The molecule has 0 aliphatic heterocycles. The molecule has 1 N–H and O–H groups in total. The molecule has 2 nitrogen and oxygen atoms in total. The van der Waals surface area contributed by atoms with E-state index in [0.717, 1.165) is 5.75 Å². The Morgan fingerprint density at radius 3 is 2.94 bits per heavy atom. The van der Waals surface area contributed by atoms with Gasteiger partial charge in [-0.15, -0.1) is 18.2 Å². The van der Waals surface area contributed by atoms with Gasteiger partial charge in [0, 0.05) is 12.3 Å². The van der Waals surface area contributed by atoms with Gasteiger partial charge in [0.2, 0.25) is 0 Å². The second-order valence-electron chi connectivity index (χ2n) is 3.08. The lowest BCUT2D eigenvalue weighted by molar-refractivity contribution is 0.623. The summed E-state index contributed by atoms with van der Waals surface area (Å²) in [5, 5.41) is 11.7. The van der Waals surface area contributed by atoms with E-state index in [0.29, 0.717) is 18.0 Å². The molecule has 0 radical (unpaired) electrons. The van der Waals surface area contributed by atoms with Gasteiger partial charge >= 0.3 is 0 Å². The molecule has 17 heavy (non-hydrogen) atoms. The molecule has 0 unspecified atom stereocenters. The summed E-state index contributed by atoms with van der Waals surface area (Å²) in [6, 6.07) is 5.04. The number of nitriles is 1. The largest absolute Gasteiger partial charge is 0.382 e. The number of benzene rings is 1. The zero-order chi connectivity index (χ0) is 12.7. The van der Waals surface area contributed by atoms with Crippen LogP contribution in [-0.2, 0) is 0 Å². The predicted molar refractivity (Wildman–Crippen MR) is 73.5 cm³/mol. The van der Waals surface area contributed by atoms with E-state index >= 15 is 0 Å². The molecule has 0 saturated carbocycles. The first-order chi connectivity index (χ1) is 8.20. The molecule has 1 aromatic rings. The van der Waals surface area contributed by atoms with Gasteiger partial charge in [-0.05, 0) is 28.1 Å². The highest BCUT2D eigenvalue weighted by Gasteiger charge is 2.10. The molecular formula is C12H10BrFN2S. The number of hydrogen-bond acceptors (Lipinski definition) is 3. The van der Waals surface area contributed by atoms with Gasteiger partial charge in [0.05, 0.1) is 21.5 Å². The summed E-state index contributed by atoms with van der Waals surface area (Å²) in [5.41, 5.74) is 0.673. The van der Waals surface area contributed by atoms with Gasteiger partial charge in [-0.2, -0.15) is 5.26 Å². The Labute approximate surface area is 113 Å². The van der Waals surface area contributed by atoms with Crippen LogP contribution in [0.15, 0.2) is 16.6 Å². The number of terminal acetylenes is 1. The van der Waals surface area contributed by atoms with Gasteiger partial charge in [0.15, 0.2) is 5.82 Å². The molecule has 0 aliphatic rings. The van der Waals surface area contributed by atoms with Crippen molar-refractivity contribution in [3.63, 3.8) is 0 Å². The number of anilines is 1.